The number of carbonyl (C=O) groups excluding carboxylic acids is 2. The number of aryl methyl sites for hydroxylation is 1. The molecule has 0 saturated carbocycles. The normalized spacial score (nSPS) is 11.9. The van der Waals surface area contributed by atoms with E-state index in [4.69, 9.17) is 9.47 Å². The second-order valence-electron chi connectivity index (χ2n) is 6.93. The lowest BCUT2D eigenvalue weighted by Gasteiger charge is -2.14. The molecule has 0 saturated heterocycles. The molecule has 160 valence electrons. The maximum Gasteiger partial charge on any atom is 0.331 e. The predicted molar refractivity (Wildman–Crippen MR) is 119 cm³/mol. The van der Waals surface area contributed by atoms with Crippen molar-refractivity contribution in [2.24, 2.45) is 0 Å². The maximum absolute atomic E-state index is 12.4. The van der Waals surface area contributed by atoms with Crippen LogP contribution in [-0.2, 0) is 14.3 Å². The van der Waals surface area contributed by atoms with Crippen LogP contribution in [0.3, 0.4) is 0 Å². The Morgan fingerprint density at radius 3 is 2.45 bits per heavy atom. The van der Waals surface area contributed by atoms with Gasteiger partial charge in [-0.1, -0.05) is 30.3 Å². The molecule has 0 bridgehead atoms. The van der Waals surface area contributed by atoms with Crippen molar-refractivity contribution in [2.45, 2.75) is 26.9 Å². The summed E-state index contributed by atoms with van der Waals surface area (Å²) in [6.45, 7) is 5.32. The van der Waals surface area contributed by atoms with Crippen LogP contribution in [0, 0.1) is 13.8 Å². The topological polar surface area (TPSA) is 82.4 Å². The molecule has 1 atom stereocenters. The highest BCUT2D eigenvalue weighted by molar-refractivity contribution is 5.97. The maximum atomic E-state index is 12.4. The van der Waals surface area contributed by atoms with Gasteiger partial charge in [-0.3, -0.25) is 4.79 Å². The molecular weight excluding hydrogens is 394 g/mol. The molecule has 1 heterocycles. The number of rotatable bonds is 7. The first-order chi connectivity index (χ1) is 14.9. The number of para-hydroxylation sites is 3. The summed E-state index contributed by atoms with van der Waals surface area (Å²) in [5, 5.41) is 7.25. The van der Waals surface area contributed by atoms with E-state index in [1.807, 2.05) is 48.9 Å². The van der Waals surface area contributed by atoms with E-state index in [0.29, 0.717) is 11.4 Å². The van der Waals surface area contributed by atoms with Gasteiger partial charge in [-0.25, -0.2) is 9.48 Å². The molecule has 7 heteroatoms. The summed E-state index contributed by atoms with van der Waals surface area (Å²) in [4.78, 5) is 24.6. The minimum absolute atomic E-state index is 0.449. The van der Waals surface area contributed by atoms with Gasteiger partial charge in [0.25, 0.3) is 5.91 Å². The number of carbonyl (C=O) groups is 2. The molecule has 0 aliphatic heterocycles. The second-order valence-corrected chi connectivity index (χ2v) is 6.93. The first-order valence-electron chi connectivity index (χ1n) is 9.85. The highest BCUT2D eigenvalue weighted by Gasteiger charge is 2.18. The summed E-state index contributed by atoms with van der Waals surface area (Å²) in [6, 6.07) is 16.8. The molecule has 7 nitrogen and oxygen atoms in total. The zero-order valence-electron chi connectivity index (χ0n) is 18.0. The lowest BCUT2D eigenvalue weighted by Crippen LogP contribution is -2.29. The molecule has 0 fully saturated rings. The Bertz CT molecular complexity index is 1100. The van der Waals surface area contributed by atoms with E-state index in [2.05, 4.69) is 10.4 Å². The monoisotopic (exact) mass is 419 g/mol. The van der Waals surface area contributed by atoms with Gasteiger partial charge in [0.05, 0.1) is 24.2 Å². The van der Waals surface area contributed by atoms with Crippen LogP contribution in [0.15, 0.2) is 60.7 Å². The van der Waals surface area contributed by atoms with Crippen LogP contribution in [0.2, 0.25) is 0 Å². The van der Waals surface area contributed by atoms with Gasteiger partial charge in [0.15, 0.2) is 6.10 Å². The second kappa shape index (κ2) is 9.75. The van der Waals surface area contributed by atoms with Crippen LogP contribution in [0.5, 0.6) is 5.75 Å². The van der Waals surface area contributed by atoms with Crippen molar-refractivity contribution in [1.29, 1.82) is 0 Å². The van der Waals surface area contributed by atoms with Gasteiger partial charge in [0, 0.05) is 17.3 Å². The number of nitrogens with one attached hydrogen (secondary N) is 1. The standard InChI is InChI=1S/C24H25N3O4/c1-16-20(17(2)27(26-16)19-10-6-5-7-11-19)14-15-23(28)31-18(3)24(29)25-21-12-8-9-13-22(21)30-4/h5-15,18H,1-4H3,(H,25,29)/b15-14+/t18-/m0/s1. The van der Waals surface area contributed by atoms with Crippen LogP contribution in [-0.4, -0.2) is 34.9 Å². The fraction of sp³-hybridized carbons (Fsp3) is 0.208. The Morgan fingerprint density at radius 2 is 1.74 bits per heavy atom. The molecule has 0 aliphatic rings. The van der Waals surface area contributed by atoms with Gasteiger partial charge in [-0.15, -0.1) is 0 Å². The molecule has 0 aliphatic carbocycles. The summed E-state index contributed by atoms with van der Waals surface area (Å²) in [7, 11) is 1.52. The number of benzene rings is 2. The largest absolute Gasteiger partial charge is 0.495 e. The number of esters is 1. The van der Waals surface area contributed by atoms with Crippen molar-refractivity contribution in [3.05, 3.63) is 77.6 Å². The number of hydrogen-bond donors (Lipinski definition) is 1. The fourth-order valence-corrected chi connectivity index (χ4v) is 3.12. The van der Waals surface area contributed by atoms with Crippen molar-refractivity contribution in [3.8, 4) is 11.4 Å². The highest BCUT2D eigenvalue weighted by atomic mass is 16.5. The highest BCUT2D eigenvalue weighted by Crippen LogP contribution is 2.23. The molecule has 0 spiro atoms. The molecule has 1 N–H and O–H groups in total. The molecule has 31 heavy (non-hydrogen) atoms. The molecule has 2 aromatic carbocycles. The van der Waals surface area contributed by atoms with Crippen LogP contribution in [0.4, 0.5) is 5.69 Å². The van der Waals surface area contributed by atoms with E-state index < -0.39 is 18.0 Å². The van der Waals surface area contributed by atoms with Gasteiger partial charge < -0.3 is 14.8 Å². The predicted octanol–water partition coefficient (Wildman–Crippen LogP) is 4.08. The van der Waals surface area contributed by atoms with Gasteiger partial charge in [0.2, 0.25) is 0 Å². The summed E-state index contributed by atoms with van der Waals surface area (Å²) in [5.41, 5.74) is 3.95. The first kappa shape index (κ1) is 21.8. The first-order valence-corrected chi connectivity index (χ1v) is 9.85. The Hall–Kier alpha value is -3.87. The number of aromatic nitrogens is 2. The fourth-order valence-electron chi connectivity index (χ4n) is 3.12. The van der Waals surface area contributed by atoms with Crippen molar-refractivity contribution < 1.29 is 19.1 Å². The molecule has 1 amide bonds. The van der Waals surface area contributed by atoms with Crippen LogP contribution in [0.25, 0.3) is 11.8 Å². The number of hydrogen-bond acceptors (Lipinski definition) is 5. The van der Waals surface area contributed by atoms with Gasteiger partial charge in [-0.05, 0) is 51.1 Å². The smallest absolute Gasteiger partial charge is 0.331 e. The zero-order valence-corrected chi connectivity index (χ0v) is 18.0. The van der Waals surface area contributed by atoms with E-state index in [1.54, 1.807) is 30.3 Å². The Balaban J connectivity index is 1.65. The van der Waals surface area contributed by atoms with Crippen molar-refractivity contribution >= 4 is 23.6 Å². The quantitative estimate of drug-likeness (QED) is 0.461. The lowest BCUT2D eigenvalue weighted by atomic mass is 10.2. The van der Waals surface area contributed by atoms with E-state index in [1.165, 1.54) is 20.1 Å². The van der Waals surface area contributed by atoms with Crippen molar-refractivity contribution in [3.63, 3.8) is 0 Å². The Kier molecular flexibility index (Phi) is 6.87. The number of amides is 1. The molecule has 3 rings (SSSR count). The Morgan fingerprint density at radius 1 is 1.06 bits per heavy atom. The molecule has 0 radical (unpaired) electrons. The van der Waals surface area contributed by atoms with Crippen molar-refractivity contribution in [1.82, 2.24) is 9.78 Å². The Labute approximate surface area is 181 Å². The van der Waals surface area contributed by atoms with Crippen LogP contribution in [0.1, 0.15) is 23.9 Å². The summed E-state index contributed by atoms with van der Waals surface area (Å²) >= 11 is 0. The summed E-state index contributed by atoms with van der Waals surface area (Å²) < 4.78 is 12.3. The summed E-state index contributed by atoms with van der Waals surface area (Å²) in [6.07, 6.45) is 1.99. The molecular formula is C24H25N3O4. The molecule has 1 aromatic heterocycles. The van der Waals surface area contributed by atoms with Crippen LogP contribution < -0.4 is 10.1 Å². The van der Waals surface area contributed by atoms with E-state index in [9.17, 15) is 9.59 Å². The zero-order chi connectivity index (χ0) is 22.4. The average Bonchev–Trinajstić information content (AvgIpc) is 3.06. The minimum atomic E-state index is -0.976. The third-order valence-corrected chi connectivity index (χ3v) is 4.76. The molecule has 3 aromatic rings. The molecule has 0 unspecified atom stereocenters. The van der Waals surface area contributed by atoms with Gasteiger partial charge >= 0.3 is 5.97 Å². The lowest BCUT2D eigenvalue weighted by molar-refractivity contribution is -0.148. The third-order valence-electron chi connectivity index (χ3n) is 4.76. The number of ether oxygens (including phenoxy) is 2. The SMILES string of the molecule is COc1ccccc1NC(=O)[C@H](C)OC(=O)/C=C/c1c(C)nn(-c2ccccc2)c1C. The number of nitrogens with zero attached hydrogens (tertiary/aromatic N) is 2. The van der Waals surface area contributed by atoms with E-state index >= 15 is 0 Å². The third kappa shape index (κ3) is 5.19. The number of methoxy groups -OCH3 is 1. The minimum Gasteiger partial charge on any atom is -0.495 e. The van der Waals surface area contributed by atoms with E-state index in [-0.39, 0.29) is 0 Å². The number of anilines is 1. The van der Waals surface area contributed by atoms with Crippen molar-refractivity contribution in [2.75, 3.05) is 12.4 Å². The van der Waals surface area contributed by atoms with Gasteiger partial charge in [-0.2, -0.15) is 5.10 Å². The van der Waals surface area contributed by atoms with Gasteiger partial charge in [0.1, 0.15) is 5.75 Å². The van der Waals surface area contributed by atoms with Crippen LogP contribution >= 0.6 is 0 Å². The van der Waals surface area contributed by atoms with E-state index in [0.717, 1.165) is 22.6 Å². The summed E-state index contributed by atoms with van der Waals surface area (Å²) in [5.74, 6) is -0.542. The average molecular weight is 419 g/mol.